The van der Waals surface area contributed by atoms with Crippen LogP contribution in [0.4, 0.5) is 5.82 Å². The van der Waals surface area contributed by atoms with Crippen molar-refractivity contribution in [3.05, 3.63) is 30.5 Å². The predicted molar refractivity (Wildman–Crippen MR) is 85.6 cm³/mol. The third kappa shape index (κ3) is 2.78. The molecule has 2 unspecified atom stereocenters. The van der Waals surface area contributed by atoms with Gasteiger partial charge in [-0.3, -0.25) is 0 Å². The Morgan fingerprint density at radius 3 is 3.05 bits per heavy atom. The molecule has 0 bridgehead atoms. The first-order valence-electron chi connectivity index (χ1n) is 7.10. The third-order valence-electron chi connectivity index (χ3n) is 3.90. The molecule has 0 amide bonds. The molecule has 0 aliphatic carbocycles. The van der Waals surface area contributed by atoms with Crippen molar-refractivity contribution in [1.29, 1.82) is 0 Å². The lowest BCUT2D eigenvalue weighted by Gasteiger charge is -2.38. The Morgan fingerprint density at radius 2 is 2.29 bits per heavy atom. The summed E-state index contributed by atoms with van der Waals surface area (Å²) >= 11 is 5.95. The van der Waals surface area contributed by atoms with Gasteiger partial charge >= 0.3 is 0 Å². The summed E-state index contributed by atoms with van der Waals surface area (Å²) in [7, 11) is 1.68. The number of alkyl halides is 1. The number of nitrogens with zero attached hydrogens (tertiary/aromatic N) is 2. The van der Waals surface area contributed by atoms with Gasteiger partial charge in [0.25, 0.3) is 0 Å². The van der Waals surface area contributed by atoms with Crippen LogP contribution in [0.2, 0.25) is 0 Å². The first kappa shape index (κ1) is 14.4. The van der Waals surface area contributed by atoms with Crippen molar-refractivity contribution in [2.24, 2.45) is 0 Å². The minimum atomic E-state index is 0.0539. The number of fused-ring (bicyclic) bond motifs is 1. The molecule has 1 saturated heterocycles. The number of hydrogen-bond donors (Lipinski definition) is 0. The summed E-state index contributed by atoms with van der Waals surface area (Å²) in [4.78, 5) is 6.87. The van der Waals surface area contributed by atoms with Crippen LogP contribution in [-0.4, -0.2) is 43.3 Å². The van der Waals surface area contributed by atoms with Crippen LogP contribution in [0.15, 0.2) is 30.5 Å². The van der Waals surface area contributed by atoms with Crippen LogP contribution in [0.5, 0.6) is 5.75 Å². The Morgan fingerprint density at radius 1 is 1.43 bits per heavy atom. The quantitative estimate of drug-likeness (QED) is 0.816. The highest BCUT2D eigenvalue weighted by molar-refractivity contribution is 6.18. The number of ether oxygens (including phenoxy) is 2. The zero-order valence-electron chi connectivity index (χ0n) is 12.3. The monoisotopic (exact) mass is 306 g/mol. The number of pyridine rings is 1. The molecule has 3 rings (SSSR count). The van der Waals surface area contributed by atoms with Gasteiger partial charge in [0.15, 0.2) is 0 Å². The molecule has 2 atom stereocenters. The summed E-state index contributed by atoms with van der Waals surface area (Å²) in [6.07, 6.45) is 1.90. The Labute approximate surface area is 129 Å². The summed E-state index contributed by atoms with van der Waals surface area (Å²) in [5.41, 5.74) is 0. The standard InChI is InChI=1S/C16H19ClN2O2/c1-11-10-21-14(8-17)9-19(11)16-15-4-3-13(20-2)7-12(15)5-6-18-16/h3-7,11,14H,8-10H2,1-2H3. The van der Waals surface area contributed by atoms with Crippen LogP contribution in [-0.2, 0) is 4.74 Å². The van der Waals surface area contributed by atoms with Crippen LogP contribution < -0.4 is 9.64 Å². The van der Waals surface area contributed by atoms with Gasteiger partial charge in [0.2, 0.25) is 0 Å². The Bertz CT molecular complexity index is 635. The number of benzene rings is 1. The molecule has 4 nitrogen and oxygen atoms in total. The summed E-state index contributed by atoms with van der Waals surface area (Å²) < 4.78 is 11.0. The van der Waals surface area contributed by atoms with Crippen molar-refractivity contribution in [2.45, 2.75) is 19.1 Å². The van der Waals surface area contributed by atoms with E-state index in [0.717, 1.165) is 28.9 Å². The summed E-state index contributed by atoms with van der Waals surface area (Å²) in [6, 6.07) is 8.35. The van der Waals surface area contributed by atoms with Gasteiger partial charge in [-0.25, -0.2) is 4.98 Å². The molecule has 0 saturated carbocycles. The predicted octanol–water partition coefficient (Wildman–Crippen LogP) is 3.08. The molecule has 1 aliphatic heterocycles. The fraction of sp³-hybridized carbons (Fsp3) is 0.438. The van der Waals surface area contributed by atoms with Crippen molar-refractivity contribution >= 4 is 28.2 Å². The third-order valence-corrected chi connectivity index (χ3v) is 4.24. The van der Waals surface area contributed by atoms with E-state index in [9.17, 15) is 0 Å². The lowest BCUT2D eigenvalue weighted by Crippen LogP contribution is -2.49. The average molecular weight is 307 g/mol. The van der Waals surface area contributed by atoms with Crippen LogP contribution in [0.1, 0.15) is 6.92 Å². The van der Waals surface area contributed by atoms with E-state index < -0.39 is 0 Å². The van der Waals surface area contributed by atoms with Crippen LogP contribution in [0.3, 0.4) is 0 Å². The molecule has 5 heteroatoms. The fourth-order valence-corrected chi connectivity index (χ4v) is 2.89. The van der Waals surface area contributed by atoms with E-state index in [1.165, 1.54) is 0 Å². The maximum absolute atomic E-state index is 5.95. The van der Waals surface area contributed by atoms with Gasteiger partial charge in [0.1, 0.15) is 11.6 Å². The maximum atomic E-state index is 5.95. The molecule has 0 radical (unpaired) electrons. The molecule has 2 aromatic rings. The van der Waals surface area contributed by atoms with Gasteiger partial charge in [-0.2, -0.15) is 0 Å². The van der Waals surface area contributed by atoms with Gasteiger partial charge in [-0.15, -0.1) is 11.6 Å². The van der Waals surface area contributed by atoms with Crippen molar-refractivity contribution in [3.63, 3.8) is 0 Å². The smallest absolute Gasteiger partial charge is 0.136 e. The van der Waals surface area contributed by atoms with Crippen molar-refractivity contribution < 1.29 is 9.47 Å². The second-order valence-corrected chi connectivity index (χ2v) is 5.64. The van der Waals surface area contributed by atoms with Gasteiger partial charge in [-0.05, 0) is 36.6 Å². The maximum Gasteiger partial charge on any atom is 0.136 e. The van der Waals surface area contributed by atoms with E-state index in [0.29, 0.717) is 12.5 Å². The molecule has 21 heavy (non-hydrogen) atoms. The SMILES string of the molecule is COc1ccc2c(N3CC(CCl)OCC3C)nccc2c1. The zero-order valence-corrected chi connectivity index (χ0v) is 13.0. The summed E-state index contributed by atoms with van der Waals surface area (Å²) in [5, 5.41) is 2.25. The molecule has 1 aromatic carbocycles. The largest absolute Gasteiger partial charge is 0.497 e. The number of methoxy groups -OCH3 is 1. The first-order valence-corrected chi connectivity index (χ1v) is 7.63. The second-order valence-electron chi connectivity index (χ2n) is 5.33. The van der Waals surface area contributed by atoms with E-state index in [2.05, 4.69) is 22.9 Å². The minimum Gasteiger partial charge on any atom is -0.497 e. The molecule has 1 fully saturated rings. The van der Waals surface area contributed by atoms with E-state index in [-0.39, 0.29) is 12.1 Å². The molecule has 1 aromatic heterocycles. The molecule has 0 N–H and O–H groups in total. The van der Waals surface area contributed by atoms with Gasteiger partial charge in [0.05, 0.1) is 31.7 Å². The number of rotatable bonds is 3. The number of anilines is 1. The van der Waals surface area contributed by atoms with Crippen LogP contribution >= 0.6 is 11.6 Å². The van der Waals surface area contributed by atoms with E-state index in [1.807, 2.05) is 24.4 Å². The van der Waals surface area contributed by atoms with Gasteiger partial charge < -0.3 is 14.4 Å². The number of aromatic nitrogens is 1. The highest BCUT2D eigenvalue weighted by atomic mass is 35.5. The van der Waals surface area contributed by atoms with E-state index in [1.54, 1.807) is 7.11 Å². The molecule has 112 valence electrons. The minimum absolute atomic E-state index is 0.0539. The molecular formula is C16H19ClN2O2. The molecule has 1 aliphatic rings. The molecular weight excluding hydrogens is 288 g/mol. The number of halogens is 1. The van der Waals surface area contributed by atoms with Crippen LogP contribution in [0, 0.1) is 0 Å². The highest BCUT2D eigenvalue weighted by Gasteiger charge is 2.27. The second kappa shape index (κ2) is 6.08. The Balaban J connectivity index is 2.02. The number of hydrogen-bond acceptors (Lipinski definition) is 4. The Hall–Kier alpha value is -1.52. The summed E-state index contributed by atoms with van der Waals surface area (Å²) in [5.74, 6) is 2.34. The van der Waals surface area contributed by atoms with Gasteiger partial charge in [0, 0.05) is 18.1 Å². The topological polar surface area (TPSA) is 34.6 Å². The average Bonchev–Trinajstić information content (AvgIpc) is 2.54. The lowest BCUT2D eigenvalue weighted by atomic mass is 10.1. The van der Waals surface area contributed by atoms with Crippen LogP contribution in [0.25, 0.3) is 10.8 Å². The van der Waals surface area contributed by atoms with Crippen molar-refractivity contribution in [2.75, 3.05) is 31.0 Å². The lowest BCUT2D eigenvalue weighted by molar-refractivity contribution is 0.0362. The molecule has 0 spiro atoms. The number of morpholine rings is 1. The zero-order chi connectivity index (χ0) is 14.8. The van der Waals surface area contributed by atoms with E-state index in [4.69, 9.17) is 21.1 Å². The molecule has 2 heterocycles. The van der Waals surface area contributed by atoms with E-state index >= 15 is 0 Å². The normalized spacial score (nSPS) is 22.5. The van der Waals surface area contributed by atoms with Gasteiger partial charge in [-0.1, -0.05) is 0 Å². The first-order chi connectivity index (χ1) is 10.2. The fourth-order valence-electron chi connectivity index (χ4n) is 2.70. The Kier molecular flexibility index (Phi) is 4.17. The summed E-state index contributed by atoms with van der Waals surface area (Å²) in [6.45, 7) is 3.59. The van der Waals surface area contributed by atoms with Crippen molar-refractivity contribution in [3.8, 4) is 5.75 Å². The van der Waals surface area contributed by atoms with Crippen molar-refractivity contribution in [1.82, 2.24) is 4.98 Å². The highest BCUT2D eigenvalue weighted by Crippen LogP contribution is 2.30.